The van der Waals surface area contributed by atoms with Gasteiger partial charge in [0, 0.05) is 35.6 Å². The number of H-pyrrole nitrogens is 1. The first-order valence-corrected chi connectivity index (χ1v) is 5.81. The van der Waals surface area contributed by atoms with Crippen molar-refractivity contribution in [3.63, 3.8) is 0 Å². The molecular formula is C11H12N4OS. The van der Waals surface area contributed by atoms with Gasteiger partial charge >= 0.3 is 0 Å². The van der Waals surface area contributed by atoms with Crippen LogP contribution < -0.4 is 11.1 Å². The predicted octanol–water partition coefficient (Wildman–Crippen LogP) is 1.50. The summed E-state index contributed by atoms with van der Waals surface area (Å²) in [5.74, 6) is -0.133. The van der Waals surface area contributed by atoms with Gasteiger partial charge in [-0.15, -0.1) is 0 Å². The minimum atomic E-state index is -0.133. The Balaban J connectivity index is 2.29. The van der Waals surface area contributed by atoms with Gasteiger partial charge in [0.15, 0.2) is 5.16 Å². The number of hydrogen-bond donors (Lipinski definition) is 3. The molecule has 17 heavy (non-hydrogen) atoms. The average molecular weight is 248 g/mol. The number of nitrogens with one attached hydrogen (secondary N) is 2. The van der Waals surface area contributed by atoms with E-state index < -0.39 is 0 Å². The summed E-state index contributed by atoms with van der Waals surface area (Å²) < 4.78 is 0. The fraction of sp³-hybridized carbons (Fsp3) is 0.0909. The Labute approximate surface area is 103 Å². The van der Waals surface area contributed by atoms with Gasteiger partial charge in [0.25, 0.3) is 5.91 Å². The van der Waals surface area contributed by atoms with Crippen molar-refractivity contribution in [1.29, 1.82) is 0 Å². The van der Waals surface area contributed by atoms with Crippen LogP contribution in [-0.4, -0.2) is 22.9 Å². The first-order valence-electron chi connectivity index (χ1n) is 4.99. The molecular weight excluding hydrogens is 236 g/mol. The average Bonchev–Trinajstić information content (AvgIpc) is 2.84. The lowest BCUT2D eigenvalue weighted by atomic mass is 10.2. The number of aromatic amines is 1. The van der Waals surface area contributed by atoms with E-state index >= 15 is 0 Å². The zero-order chi connectivity index (χ0) is 12.3. The number of amides is 1. The van der Waals surface area contributed by atoms with Crippen molar-refractivity contribution in [2.45, 2.75) is 10.1 Å². The number of benzene rings is 1. The highest BCUT2D eigenvalue weighted by molar-refractivity contribution is 7.99. The Morgan fingerprint density at radius 2 is 2.35 bits per heavy atom. The van der Waals surface area contributed by atoms with Crippen LogP contribution in [0.1, 0.15) is 10.4 Å². The van der Waals surface area contributed by atoms with Gasteiger partial charge in [-0.3, -0.25) is 4.79 Å². The maximum atomic E-state index is 11.5. The number of anilines is 1. The summed E-state index contributed by atoms with van der Waals surface area (Å²) in [6.45, 7) is 0. The third-order valence-electron chi connectivity index (χ3n) is 2.18. The van der Waals surface area contributed by atoms with Gasteiger partial charge < -0.3 is 16.0 Å². The number of nitrogens with zero attached hydrogens (tertiary/aromatic N) is 1. The molecule has 2 aromatic rings. The van der Waals surface area contributed by atoms with Crippen LogP contribution in [-0.2, 0) is 0 Å². The summed E-state index contributed by atoms with van der Waals surface area (Å²) in [6, 6.07) is 5.16. The summed E-state index contributed by atoms with van der Waals surface area (Å²) in [6.07, 6.45) is 3.41. The summed E-state index contributed by atoms with van der Waals surface area (Å²) in [5, 5.41) is 3.32. The standard InChI is InChI=1S/C11H12N4OS/c1-13-10(16)7-2-3-8(12)9(6-7)17-11-14-4-5-15-11/h2-6H,12H2,1H3,(H,13,16)(H,14,15). The number of nitrogens with two attached hydrogens (primary N) is 1. The molecule has 1 heterocycles. The molecule has 0 aliphatic rings. The van der Waals surface area contributed by atoms with E-state index in [2.05, 4.69) is 15.3 Å². The number of rotatable bonds is 3. The number of hydrogen-bond acceptors (Lipinski definition) is 4. The summed E-state index contributed by atoms with van der Waals surface area (Å²) in [5.41, 5.74) is 7.06. The van der Waals surface area contributed by atoms with E-state index in [4.69, 9.17) is 5.73 Å². The van der Waals surface area contributed by atoms with Gasteiger partial charge in [0.2, 0.25) is 0 Å². The maximum Gasteiger partial charge on any atom is 0.251 e. The van der Waals surface area contributed by atoms with Crippen molar-refractivity contribution in [3.8, 4) is 0 Å². The highest BCUT2D eigenvalue weighted by atomic mass is 32.2. The van der Waals surface area contributed by atoms with Gasteiger partial charge in [-0.25, -0.2) is 4.98 Å². The highest BCUT2D eigenvalue weighted by Gasteiger charge is 2.08. The number of carbonyl (C=O) groups is 1. The van der Waals surface area contributed by atoms with Crippen LogP contribution in [0.2, 0.25) is 0 Å². The van der Waals surface area contributed by atoms with Crippen LogP contribution in [0, 0.1) is 0 Å². The van der Waals surface area contributed by atoms with Gasteiger partial charge in [-0.1, -0.05) is 0 Å². The van der Waals surface area contributed by atoms with E-state index in [0.717, 1.165) is 10.1 Å². The van der Waals surface area contributed by atoms with Crippen LogP contribution >= 0.6 is 11.8 Å². The molecule has 0 saturated heterocycles. The zero-order valence-electron chi connectivity index (χ0n) is 9.23. The Morgan fingerprint density at radius 1 is 1.53 bits per heavy atom. The SMILES string of the molecule is CNC(=O)c1ccc(N)c(Sc2ncc[nH]2)c1. The second-order valence-corrected chi connectivity index (χ2v) is 4.36. The van der Waals surface area contributed by atoms with Gasteiger partial charge in [-0.2, -0.15) is 0 Å². The molecule has 0 spiro atoms. The first kappa shape index (κ1) is 11.5. The lowest BCUT2D eigenvalue weighted by Crippen LogP contribution is -2.17. The van der Waals surface area contributed by atoms with Crippen molar-refractivity contribution >= 4 is 23.4 Å². The smallest absolute Gasteiger partial charge is 0.251 e. The van der Waals surface area contributed by atoms with Gasteiger partial charge in [0.05, 0.1) is 0 Å². The molecule has 0 unspecified atom stereocenters. The molecule has 0 atom stereocenters. The third kappa shape index (κ3) is 2.59. The van der Waals surface area contributed by atoms with Gasteiger partial charge in [0.1, 0.15) is 0 Å². The number of nitrogen functional groups attached to an aromatic ring is 1. The Hall–Kier alpha value is -1.95. The monoisotopic (exact) mass is 248 g/mol. The molecule has 1 amide bonds. The van der Waals surface area contributed by atoms with Crippen LogP contribution in [0.25, 0.3) is 0 Å². The minimum Gasteiger partial charge on any atom is -0.398 e. The summed E-state index contributed by atoms with van der Waals surface area (Å²) in [4.78, 5) is 19.4. The summed E-state index contributed by atoms with van der Waals surface area (Å²) >= 11 is 1.39. The molecule has 4 N–H and O–H groups in total. The Morgan fingerprint density at radius 3 is 3.00 bits per heavy atom. The largest absolute Gasteiger partial charge is 0.398 e. The molecule has 0 radical (unpaired) electrons. The van der Waals surface area contributed by atoms with Crippen molar-refractivity contribution in [1.82, 2.24) is 15.3 Å². The second kappa shape index (κ2) is 4.92. The fourth-order valence-corrected chi connectivity index (χ4v) is 2.14. The number of aromatic nitrogens is 2. The number of carbonyl (C=O) groups excluding carboxylic acids is 1. The van der Waals surface area contributed by atoms with Crippen LogP contribution in [0.3, 0.4) is 0 Å². The van der Waals surface area contributed by atoms with E-state index in [1.54, 1.807) is 37.6 Å². The van der Waals surface area contributed by atoms with Crippen molar-refractivity contribution in [2.75, 3.05) is 12.8 Å². The Bertz CT molecular complexity index is 524. The first-order chi connectivity index (χ1) is 8.20. The molecule has 2 rings (SSSR count). The number of imidazole rings is 1. The van der Waals surface area contributed by atoms with E-state index in [0.29, 0.717) is 11.3 Å². The van der Waals surface area contributed by atoms with Crippen LogP contribution in [0.15, 0.2) is 40.6 Å². The van der Waals surface area contributed by atoms with Crippen LogP contribution in [0.5, 0.6) is 0 Å². The quantitative estimate of drug-likeness (QED) is 0.719. The molecule has 0 aliphatic heterocycles. The lowest BCUT2D eigenvalue weighted by Gasteiger charge is -2.06. The zero-order valence-corrected chi connectivity index (χ0v) is 10.0. The normalized spacial score (nSPS) is 10.2. The van der Waals surface area contributed by atoms with Crippen molar-refractivity contribution in [2.24, 2.45) is 0 Å². The Kier molecular flexibility index (Phi) is 3.34. The molecule has 88 valence electrons. The lowest BCUT2D eigenvalue weighted by molar-refractivity contribution is 0.0963. The molecule has 1 aromatic carbocycles. The molecule has 0 saturated carbocycles. The third-order valence-corrected chi connectivity index (χ3v) is 3.17. The summed E-state index contributed by atoms with van der Waals surface area (Å²) in [7, 11) is 1.60. The van der Waals surface area contributed by atoms with E-state index in [-0.39, 0.29) is 5.91 Å². The highest BCUT2D eigenvalue weighted by Crippen LogP contribution is 2.30. The topological polar surface area (TPSA) is 83.8 Å². The molecule has 0 aliphatic carbocycles. The molecule has 6 heteroatoms. The van der Waals surface area contributed by atoms with E-state index in [1.165, 1.54) is 11.8 Å². The predicted molar refractivity (Wildman–Crippen MR) is 67.0 cm³/mol. The molecule has 0 bridgehead atoms. The van der Waals surface area contributed by atoms with Gasteiger partial charge in [-0.05, 0) is 30.0 Å². The van der Waals surface area contributed by atoms with Crippen molar-refractivity contribution < 1.29 is 4.79 Å². The van der Waals surface area contributed by atoms with Crippen molar-refractivity contribution in [3.05, 3.63) is 36.2 Å². The second-order valence-electron chi connectivity index (χ2n) is 3.33. The maximum absolute atomic E-state index is 11.5. The fourth-order valence-electron chi connectivity index (χ4n) is 1.32. The van der Waals surface area contributed by atoms with Crippen LogP contribution in [0.4, 0.5) is 5.69 Å². The molecule has 0 fully saturated rings. The van der Waals surface area contributed by atoms with E-state index in [9.17, 15) is 4.79 Å². The minimum absolute atomic E-state index is 0.133. The molecule has 5 nitrogen and oxygen atoms in total. The molecule has 1 aromatic heterocycles. The van der Waals surface area contributed by atoms with E-state index in [1.807, 2.05) is 0 Å².